The van der Waals surface area contributed by atoms with Gasteiger partial charge < -0.3 is 5.73 Å². The summed E-state index contributed by atoms with van der Waals surface area (Å²) in [6.07, 6.45) is 1.02. The molecule has 0 aliphatic carbocycles. The molecule has 1 atom stereocenters. The van der Waals surface area contributed by atoms with E-state index in [2.05, 4.69) is 4.72 Å². The highest BCUT2D eigenvalue weighted by atomic mass is 32.2. The molecule has 0 fully saturated rings. The molecule has 0 aromatic heterocycles. The Kier molecular flexibility index (Phi) is 5.86. The van der Waals surface area contributed by atoms with Gasteiger partial charge in [0.05, 0.1) is 10.7 Å². The molecule has 0 aromatic carbocycles. The van der Waals surface area contributed by atoms with Gasteiger partial charge in [-0.25, -0.2) is 13.1 Å². The summed E-state index contributed by atoms with van der Waals surface area (Å²) >= 11 is 4.73. The van der Waals surface area contributed by atoms with Gasteiger partial charge in [0.15, 0.2) is 0 Å². The van der Waals surface area contributed by atoms with E-state index in [1.807, 2.05) is 20.8 Å². The Balaban J connectivity index is 4.20. The second-order valence-electron chi connectivity index (χ2n) is 5.32. The summed E-state index contributed by atoms with van der Waals surface area (Å²) in [4.78, 5) is 0.325. The SMILES string of the molecule is CC(CC(N)=S)NS(=O)(=O)CCC(C)(C)C. The van der Waals surface area contributed by atoms with Crippen LogP contribution in [0.25, 0.3) is 0 Å². The number of hydrogen-bond donors (Lipinski definition) is 2. The summed E-state index contributed by atoms with van der Waals surface area (Å²) in [6, 6.07) is -0.234. The fourth-order valence-corrected chi connectivity index (χ4v) is 3.09. The highest BCUT2D eigenvalue weighted by Crippen LogP contribution is 2.19. The van der Waals surface area contributed by atoms with E-state index >= 15 is 0 Å². The Hall–Kier alpha value is -0.200. The van der Waals surface area contributed by atoms with Crippen molar-refractivity contribution >= 4 is 27.2 Å². The van der Waals surface area contributed by atoms with E-state index in [0.717, 1.165) is 0 Å². The van der Waals surface area contributed by atoms with Crippen molar-refractivity contribution in [3.8, 4) is 0 Å². The average Bonchev–Trinajstić information content (AvgIpc) is 1.96. The van der Waals surface area contributed by atoms with Crippen molar-refractivity contribution in [2.45, 2.75) is 46.6 Å². The van der Waals surface area contributed by atoms with Crippen molar-refractivity contribution in [1.29, 1.82) is 0 Å². The van der Waals surface area contributed by atoms with Crippen molar-refractivity contribution in [3.63, 3.8) is 0 Å². The number of hydrogen-bond acceptors (Lipinski definition) is 3. The molecule has 0 amide bonds. The van der Waals surface area contributed by atoms with Gasteiger partial charge in [-0.2, -0.15) is 0 Å². The lowest BCUT2D eigenvalue weighted by Crippen LogP contribution is -2.37. The third-order valence-electron chi connectivity index (χ3n) is 2.01. The van der Waals surface area contributed by atoms with Crippen molar-refractivity contribution in [2.75, 3.05) is 5.75 Å². The molecule has 0 saturated carbocycles. The van der Waals surface area contributed by atoms with Crippen molar-refractivity contribution in [3.05, 3.63) is 0 Å². The highest BCUT2D eigenvalue weighted by molar-refractivity contribution is 7.89. The van der Waals surface area contributed by atoms with Crippen LogP contribution in [0.1, 0.15) is 40.5 Å². The third kappa shape index (κ3) is 9.06. The molecule has 1 unspecified atom stereocenters. The predicted molar refractivity (Wildman–Crippen MR) is 71.9 cm³/mol. The Bertz CT molecular complexity index is 331. The van der Waals surface area contributed by atoms with Gasteiger partial charge in [0.2, 0.25) is 10.0 Å². The van der Waals surface area contributed by atoms with Gasteiger partial charge in [0.25, 0.3) is 0 Å². The van der Waals surface area contributed by atoms with Crippen LogP contribution in [0.15, 0.2) is 0 Å². The van der Waals surface area contributed by atoms with Crippen LogP contribution in [0.4, 0.5) is 0 Å². The molecule has 0 bridgehead atoms. The maximum atomic E-state index is 11.7. The number of rotatable bonds is 6. The largest absolute Gasteiger partial charge is 0.393 e. The molecule has 0 aromatic rings. The first-order chi connectivity index (χ1) is 7.02. The molecule has 4 nitrogen and oxygen atoms in total. The van der Waals surface area contributed by atoms with Crippen molar-refractivity contribution in [1.82, 2.24) is 4.72 Å². The second-order valence-corrected chi connectivity index (χ2v) is 7.72. The number of nitrogens with one attached hydrogen (secondary N) is 1. The smallest absolute Gasteiger partial charge is 0.211 e. The summed E-state index contributed by atoms with van der Waals surface area (Å²) in [5, 5.41) is 0. The van der Waals surface area contributed by atoms with Gasteiger partial charge in [-0.15, -0.1) is 0 Å². The minimum Gasteiger partial charge on any atom is -0.393 e. The average molecular weight is 266 g/mol. The maximum absolute atomic E-state index is 11.7. The van der Waals surface area contributed by atoms with Crippen molar-refractivity contribution in [2.24, 2.45) is 11.1 Å². The van der Waals surface area contributed by atoms with E-state index in [1.165, 1.54) is 0 Å². The Morgan fingerprint density at radius 3 is 2.31 bits per heavy atom. The fraction of sp³-hybridized carbons (Fsp3) is 0.900. The van der Waals surface area contributed by atoms with Gasteiger partial charge in [0, 0.05) is 12.5 Å². The summed E-state index contributed by atoms with van der Waals surface area (Å²) < 4.78 is 25.9. The summed E-state index contributed by atoms with van der Waals surface area (Å²) in [6.45, 7) is 7.80. The Labute approximate surface area is 104 Å². The van der Waals surface area contributed by atoms with Crippen LogP contribution in [0.3, 0.4) is 0 Å². The number of thiocarbonyl (C=S) groups is 1. The zero-order chi connectivity index (χ0) is 13.0. The molecule has 0 spiro atoms. The molecule has 0 rings (SSSR count). The molecular weight excluding hydrogens is 244 g/mol. The van der Waals surface area contributed by atoms with Crippen molar-refractivity contribution < 1.29 is 8.42 Å². The number of sulfonamides is 1. The highest BCUT2D eigenvalue weighted by Gasteiger charge is 2.19. The van der Waals surface area contributed by atoms with Crippen LogP contribution in [0.5, 0.6) is 0 Å². The van der Waals surface area contributed by atoms with Crippen LogP contribution >= 0.6 is 12.2 Å². The lowest BCUT2D eigenvalue weighted by Gasteiger charge is -2.19. The lowest BCUT2D eigenvalue weighted by atomic mass is 9.94. The van der Waals surface area contributed by atoms with E-state index < -0.39 is 10.0 Å². The van der Waals surface area contributed by atoms with Gasteiger partial charge >= 0.3 is 0 Å². The first-order valence-corrected chi connectivity index (χ1v) is 7.36. The second kappa shape index (κ2) is 5.93. The van der Waals surface area contributed by atoms with Crippen LogP contribution in [-0.2, 0) is 10.0 Å². The summed E-state index contributed by atoms with van der Waals surface area (Å²) in [5.74, 6) is 0.137. The Morgan fingerprint density at radius 1 is 1.44 bits per heavy atom. The first-order valence-electron chi connectivity index (χ1n) is 5.30. The third-order valence-corrected chi connectivity index (χ3v) is 3.68. The summed E-state index contributed by atoms with van der Waals surface area (Å²) in [7, 11) is -3.22. The zero-order valence-electron chi connectivity index (χ0n) is 10.4. The van der Waals surface area contributed by atoms with E-state index in [-0.39, 0.29) is 17.2 Å². The molecule has 0 heterocycles. The van der Waals surface area contributed by atoms with E-state index in [4.69, 9.17) is 18.0 Å². The fourth-order valence-electron chi connectivity index (χ4n) is 1.15. The molecular formula is C10H22N2O2S2. The normalized spacial score (nSPS) is 14.8. The van der Waals surface area contributed by atoms with Crippen LogP contribution in [0, 0.1) is 5.41 Å². The van der Waals surface area contributed by atoms with Gasteiger partial charge in [-0.3, -0.25) is 0 Å². The molecule has 0 aliphatic rings. The van der Waals surface area contributed by atoms with Gasteiger partial charge in [0.1, 0.15) is 0 Å². The van der Waals surface area contributed by atoms with E-state index in [9.17, 15) is 8.42 Å². The van der Waals surface area contributed by atoms with Crippen LogP contribution < -0.4 is 10.5 Å². The molecule has 0 aliphatic heterocycles. The van der Waals surface area contributed by atoms with Crippen LogP contribution in [0.2, 0.25) is 0 Å². The molecule has 16 heavy (non-hydrogen) atoms. The topological polar surface area (TPSA) is 72.2 Å². The van der Waals surface area contributed by atoms with Gasteiger partial charge in [-0.1, -0.05) is 33.0 Å². The molecule has 0 radical (unpaired) electrons. The Morgan fingerprint density at radius 2 is 1.94 bits per heavy atom. The molecule has 0 saturated heterocycles. The minimum atomic E-state index is -3.22. The molecule has 6 heteroatoms. The number of nitrogens with two attached hydrogens (primary N) is 1. The standard InChI is InChI=1S/C10H22N2O2S2/c1-8(7-9(11)15)12-16(13,14)6-5-10(2,3)4/h8,12H,5-7H2,1-4H3,(H2,11,15). The minimum absolute atomic E-state index is 0.0150. The monoisotopic (exact) mass is 266 g/mol. The molecule has 3 N–H and O–H groups in total. The maximum Gasteiger partial charge on any atom is 0.211 e. The van der Waals surface area contributed by atoms with E-state index in [1.54, 1.807) is 6.92 Å². The van der Waals surface area contributed by atoms with Gasteiger partial charge in [-0.05, 0) is 18.8 Å². The lowest BCUT2D eigenvalue weighted by molar-refractivity contribution is 0.396. The quantitative estimate of drug-likeness (QED) is 0.713. The van der Waals surface area contributed by atoms with E-state index in [0.29, 0.717) is 17.8 Å². The summed E-state index contributed by atoms with van der Waals surface area (Å²) in [5.41, 5.74) is 5.37. The predicted octanol–water partition coefficient (Wildman–Crippen LogP) is 1.41. The first kappa shape index (κ1) is 15.8. The zero-order valence-corrected chi connectivity index (χ0v) is 12.0. The molecule has 96 valence electrons. The van der Waals surface area contributed by atoms with Crippen LogP contribution in [-0.4, -0.2) is 25.2 Å².